The van der Waals surface area contributed by atoms with Crippen LogP contribution in [-0.2, 0) is 0 Å². The first kappa shape index (κ1) is 58.9. The molecule has 0 atom stereocenters. The third kappa shape index (κ3) is 14.9. The molecule has 0 N–H and O–H groups in total. The summed E-state index contributed by atoms with van der Waals surface area (Å²) >= 11 is 0. The summed E-state index contributed by atoms with van der Waals surface area (Å²) in [6.07, 6.45) is 17.9. The van der Waals surface area contributed by atoms with Gasteiger partial charge in [0.2, 0.25) is 0 Å². The first-order valence-corrected chi connectivity index (χ1v) is 31.4. The summed E-state index contributed by atoms with van der Waals surface area (Å²) in [5.41, 5.74) is 24.9. The number of rotatable bonds is 20. The fourth-order valence-corrected chi connectivity index (χ4v) is 11.5. The molecule has 0 aromatic heterocycles. The van der Waals surface area contributed by atoms with Crippen LogP contribution in [0, 0.1) is 0 Å². The predicted molar refractivity (Wildman–Crippen MR) is 394 cm³/mol. The second-order valence-electron chi connectivity index (χ2n) is 22.6. The number of anilines is 4. The van der Waals surface area contributed by atoms with E-state index in [9.17, 15) is 0 Å². The van der Waals surface area contributed by atoms with Crippen molar-refractivity contribution in [2.45, 2.75) is 0 Å². The Hall–Kier alpha value is -12.1. The molecule has 2 heteroatoms. The molecule has 0 unspecified atom stereocenters. The van der Waals surface area contributed by atoms with Crippen LogP contribution >= 0.6 is 0 Å². The van der Waals surface area contributed by atoms with Crippen LogP contribution < -0.4 is 9.80 Å². The van der Waals surface area contributed by atoms with E-state index in [1.165, 1.54) is 33.4 Å². The maximum atomic E-state index is 2.31. The van der Waals surface area contributed by atoms with E-state index >= 15 is 0 Å². The molecule has 0 saturated heterocycles. The smallest absolute Gasteiger partial charge is 0.0456 e. The zero-order valence-electron chi connectivity index (χ0n) is 51.2. The minimum atomic E-state index is 1.06. The second-order valence-corrected chi connectivity index (χ2v) is 22.6. The minimum absolute atomic E-state index is 1.06. The van der Waals surface area contributed by atoms with Crippen molar-refractivity contribution in [1.29, 1.82) is 0 Å². The summed E-state index contributed by atoms with van der Waals surface area (Å²) in [4.78, 5) is 4.61. The van der Waals surface area contributed by atoms with Crippen LogP contribution in [0.25, 0.3) is 58.7 Å². The molecule has 0 heterocycles. The molecule has 0 bridgehead atoms. The van der Waals surface area contributed by atoms with Crippen molar-refractivity contribution >= 4 is 81.5 Å². The highest BCUT2D eigenvalue weighted by molar-refractivity contribution is 5.94. The molecule has 0 spiro atoms. The van der Waals surface area contributed by atoms with Crippen molar-refractivity contribution in [2.75, 3.05) is 9.80 Å². The number of hydrogen-bond donors (Lipinski definition) is 0. The average molecular weight is 1180 g/mol. The summed E-state index contributed by atoms with van der Waals surface area (Å²) in [5.74, 6) is 0. The van der Waals surface area contributed by atoms with Gasteiger partial charge in [0, 0.05) is 46.3 Å². The lowest BCUT2D eigenvalue weighted by atomic mass is 9.95. The Balaban J connectivity index is 0.742. The summed E-state index contributed by atoms with van der Waals surface area (Å²) in [7, 11) is 0. The van der Waals surface area contributed by atoms with Crippen LogP contribution in [0.15, 0.2) is 376 Å². The highest BCUT2D eigenvalue weighted by Crippen LogP contribution is 2.36. The van der Waals surface area contributed by atoms with Crippen molar-refractivity contribution in [1.82, 2.24) is 0 Å². The van der Waals surface area contributed by atoms with Gasteiger partial charge < -0.3 is 9.80 Å². The highest BCUT2D eigenvalue weighted by Gasteiger charge is 2.16. The molecule has 0 saturated carbocycles. The van der Waals surface area contributed by atoms with Crippen molar-refractivity contribution in [3.8, 4) is 0 Å². The fourth-order valence-electron chi connectivity index (χ4n) is 11.5. The summed E-state index contributed by atoms with van der Waals surface area (Å²) in [6.45, 7) is 0. The quantitative estimate of drug-likeness (QED) is 0.0702. The van der Waals surface area contributed by atoms with Crippen LogP contribution in [0.3, 0.4) is 0 Å². The zero-order chi connectivity index (χ0) is 61.9. The molecule has 13 aromatic carbocycles. The molecule has 0 radical (unpaired) electrons. The lowest BCUT2D eigenvalue weighted by Gasteiger charge is -2.24. The summed E-state index contributed by atoms with van der Waals surface area (Å²) in [5, 5.41) is 0. The molecule has 13 aromatic rings. The Morgan fingerprint density at radius 2 is 0.326 bits per heavy atom. The van der Waals surface area contributed by atoms with Crippen molar-refractivity contribution in [2.24, 2.45) is 0 Å². The Bertz CT molecular complexity index is 4180. The highest BCUT2D eigenvalue weighted by atomic mass is 15.1. The van der Waals surface area contributed by atoms with Gasteiger partial charge in [-0.1, -0.05) is 340 Å². The first-order chi connectivity index (χ1) is 45.6. The SMILES string of the molecule is C(=Cc1ccc(N(C=C(c2ccccc2)c2ccccc2)c2ccc(C=C(c3ccccc3)c3ccccc3)cc2)cc1)c1ccc(C=Cc2ccc(N(C=C(c3ccccc3)c3ccccc3)c3ccc(C=C(c4ccccc4)c4ccccc4)cc3)cc2)cc1. The van der Waals surface area contributed by atoms with Crippen LogP contribution in [0.2, 0.25) is 0 Å². The minimum Gasteiger partial charge on any atom is -0.317 e. The van der Waals surface area contributed by atoms with Crippen LogP contribution in [0.4, 0.5) is 22.7 Å². The number of nitrogens with zero attached hydrogens (tertiary/aromatic N) is 2. The molecule has 0 aliphatic carbocycles. The van der Waals surface area contributed by atoms with Crippen molar-refractivity contribution in [3.05, 3.63) is 454 Å². The largest absolute Gasteiger partial charge is 0.317 e. The average Bonchev–Trinajstić information content (AvgIpc) is 1.84. The number of benzene rings is 13. The van der Waals surface area contributed by atoms with Gasteiger partial charge in [-0.15, -0.1) is 0 Å². The predicted octanol–water partition coefficient (Wildman–Crippen LogP) is 23.7. The van der Waals surface area contributed by atoms with E-state index < -0.39 is 0 Å². The molecule has 13 rings (SSSR count). The van der Waals surface area contributed by atoms with Gasteiger partial charge in [0.15, 0.2) is 0 Å². The lowest BCUT2D eigenvalue weighted by molar-refractivity contribution is 1.28. The third-order valence-corrected chi connectivity index (χ3v) is 16.4. The Kier molecular flexibility index (Phi) is 18.7. The van der Waals surface area contributed by atoms with Crippen molar-refractivity contribution in [3.63, 3.8) is 0 Å². The van der Waals surface area contributed by atoms with E-state index in [-0.39, 0.29) is 0 Å². The molecule has 438 valence electrons. The van der Waals surface area contributed by atoms with Crippen molar-refractivity contribution < 1.29 is 0 Å². The van der Waals surface area contributed by atoms with E-state index in [4.69, 9.17) is 0 Å². The van der Waals surface area contributed by atoms with E-state index in [2.05, 4.69) is 423 Å². The lowest BCUT2D eigenvalue weighted by Crippen LogP contribution is -2.10. The summed E-state index contributed by atoms with van der Waals surface area (Å²) < 4.78 is 0. The standard InChI is InChI=1S/C90H68N2/c1-9-25-75(26-10-1)87(76-27-11-2-12-28-76)65-73-53-61-85(62-54-73)91(67-89(79-33-17-5-18-34-79)80-35-19-6-20-36-80)83-57-49-71(50-58-83)47-45-69-41-43-70(44-42-69)46-48-72-51-59-84(60-52-72)92(68-90(81-37-21-7-22-38-81)82-39-23-8-24-40-82)86-63-55-74(56-64-86)66-88(77-29-13-3-14-30-77)78-31-15-4-16-32-78/h1-68H. The fraction of sp³-hybridized carbons (Fsp3) is 0. The molecular weight excluding hydrogens is 1110 g/mol. The second kappa shape index (κ2) is 29.3. The molecule has 0 fully saturated rings. The molecule has 0 aliphatic rings. The van der Waals surface area contributed by atoms with Gasteiger partial charge in [-0.05, 0) is 150 Å². The molecule has 92 heavy (non-hydrogen) atoms. The van der Waals surface area contributed by atoms with Gasteiger partial charge in [-0.3, -0.25) is 0 Å². The van der Waals surface area contributed by atoms with Gasteiger partial charge >= 0.3 is 0 Å². The van der Waals surface area contributed by atoms with Crippen LogP contribution in [0.5, 0.6) is 0 Å². The topological polar surface area (TPSA) is 6.48 Å². The number of hydrogen-bond acceptors (Lipinski definition) is 2. The maximum absolute atomic E-state index is 2.31. The van der Waals surface area contributed by atoms with Crippen LogP contribution in [0.1, 0.15) is 77.9 Å². The molecule has 2 nitrogen and oxygen atoms in total. The van der Waals surface area contributed by atoms with Gasteiger partial charge in [0.1, 0.15) is 0 Å². The van der Waals surface area contributed by atoms with Crippen LogP contribution in [-0.4, -0.2) is 0 Å². The van der Waals surface area contributed by atoms with Gasteiger partial charge in [-0.25, -0.2) is 0 Å². The van der Waals surface area contributed by atoms with Gasteiger partial charge in [0.05, 0.1) is 0 Å². The maximum Gasteiger partial charge on any atom is 0.0456 e. The third-order valence-electron chi connectivity index (χ3n) is 16.4. The van der Waals surface area contributed by atoms with E-state index in [0.29, 0.717) is 0 Å². The Labute approximate surface area is 542 Å². The Morgan fingerprint density at radius 3 is 0.522 bits per heavy atom. The van der Waals surface area contributed by atoms with E-state index in [0.717, 1.165) is 89.5 Å². The molecular formula is C90H68N2. The van der Waals surface area contributed by atoms with E-state index in [1.54, 1.807) is 0 Å². The monoisotopic (exact) mass is 1180 g/mol. The zero-order valence-corrected chi connectivity index (χ0v) is 51.2. The summed E-state index contributed by atoms with van der Waals surface area (Å²) in [6, 6.07) is 129. The van der Waals surface area contributed by atoms with E-state index in [1.807, 2.05) is 0 Å². The van der Waals surface area contributed by atoms with Gasteiger partial charge in [-0.2, -0.15) is 0 Å². The molecule has 0 amide bonds. The first-order valence-electron chi connectivity index (χ1n) is 31.4. The Morgan fingerprint density at radius 1 is 0.163 bits per heavy atom. The molecule has 0 aliphatic heterocycles. The normalized spacial score (nSPS) is 11.0. The van der Waals surface area contributed by atoms with Gasteiger partial charge in [0.25, 0.3) is 0 Å².